The number of ether oxygens (including phenoxy) is 1. The second-order valence-corrected chi connectivity index (χ2v) is 11.5. The summed E-state index contributed by atoms with van der Waals surface area (Å²) in [6.45, 7) is 0.583. The summed E-state index contributed by atoms with van der Waals surface area (Å²) in [5.74, 6) is -0.449. The number of quaternary nitrogens is 1. The molecule has 0 bridgehead atoms. The molecule has 1 N–H and O–H groups in total. The zero-order valence-corrected chi connectivity index (χ0v) is 22.6. The van der Waals surface area contributed by atoms with Crippen LogP contribution in [0.3, 0.4) is 0 Å². The van der Waals surface area contributed by atoms with E-state index >= 15 is 0 Å². The van der Waals surface area contributed by atoms with Crippen molar-refractivity contribution in [2.75, 3.05) is 27.7 Å². The maximum atomic E-state index is 13.1. The summed E-state index contributed by atoms with van der Waals surface area (Å²) in [5, 5.41) is 0. The van der Waals surface area contributed by atoms with Crippen LogP contribution in [0.2, 0.25) is 0 Å². The fourth-order valence-corrected chi connectivity index (χ4v) is 5.72. The van der Waals surface area contributed by atoms with Crippen molar-refractivity contribution in [2.45, 2.75) is 23.3 Å². The lowest BCUT2D eigenvalue weighted by molar-refractivity contribution is -0.871. The van der Waals surface area contributed by atoms with E-state index in [1.54, 1.807) is 18.3 Å². The van der Waals surface area contributed by atoms with Crippen molar-refractivity contribution in [3.8, 4) is 10.6 Å². The van der Waals surface area contributed by atoms with Gasteiger partial charge in [0.2, 0.25) is 0 Å². The molecule has 0 aliphatic heterocycles. The number of sulfonamides is 1. The van der Waals surface area contributed by atoms with Crippen molar-refractivity contribution >= 4 is 27.3 Å². The molecule has 178 valence electrons. The second kappa shape index (κ2) is 12.0. The van der Waals surface area contributed by atoms with E-state index in [4.69, 9.17) is 4.74 Å². The van der Waals surface area contributed by atoms with E-state index in [2.05, 4.69) is 9.71 Å². The molecular weight excluding hydrogens is 573 g/mol. The molecule has 10 heteroatoms. The van der Waals surface area contributed by atoms with Crippen LogP contribution in [-0.2, 0) is 26.2 Å². The number of carbonyl (C=O) groups is 1. The van der Waals surface area contributed by atoms with Crippen LogP contribution >= 0.6 is 11.3 Å². The maximum Gasteiger partial charge on any atom is 0.307 e. The van der Waals surface area contributed by atoms with Crippen molar-refractivity contribution in [3.63, 3.8) is 0 Å². The summed E-state index contributed by atoms with van der Waals surface area (Å²) in [7, 11) is 2.03. The van der Waals surface area contributed by atoms with Crippen molar-refractivity contribution in [3.05, 3.63) is 72.4 Å². The number of nitrogens with one attached hydrogen (secondary N) is 1. The van der Waals surface area contributed by atoms with Gasteiger partial charge >= 0.3 is 5.97 Å². The minimum atomic E-state index is -3.81. The molecule has 0 radical (unpaired) electrons. The summed E-state index contributed by atoms with van der Waals surface area (Å²) in [6.07, 6.45) is 1.61. The molecule has 3 rings (SSSR count). The van der Waals surface area contributed by atoms with E-state index in [1.165, 1.54) is 0 Å². The monoisotopic (exact) mass is 601 g/mol. The van der Waals surface area contributed by atoms with Crippen molar-refractivity contribution < 1.29 is 46.4 Å². The molecule has 1 aromatic carbocycles. The fourth-order valence-electron chi connectivity index (χ4n) is 3.19. The number of thiophene rings is 1. The summed E-state index contributed by atoms with van der Waals surface area (Å²) < 4.78 is 34.9. The first-order chi connectivity index (χ1) is 15.1. The highest BCUT2D eigenvalue weighted by Gasteiger charge is 2.28. The fraction of sp³-hybridized carbons (Fsp3) is 0.304. The lowest BCUT2D eigenvalue weighted by Gasteiger charge is -2.29. The molecule has 0 spiro atoms. The van der Waals surface area contributed by atoms with Crippen LogP contribution in [0.25, 0.3) is 10.6 Å². The standard InChI is InChI=1S/C23H28N3O4S2.HI/c1-26(2,3)16-19(15-22(27)30-17-18-9-5-4-6-10-18)25-32(28,29)23-13-12-21(31-23)20-11-7-8-14-24-20;/h4-14,19,25H,15-17H2,1-3H3;1H/q+1;/p-1. The highest BCUT2D eigenvalue weighted by Crippen LogP contribution is 2.29. The topological polar surface area (TPSA) is 85.4 Å². The highest BCUT2D eigenvalue weighted by molar-refractivity contribution is 7.91. The average Bonchev–Trinajstić information content (AvgIpc) is 3.23. The van der Waals surface area contributed by atoms with E-state index < -0.39 is 22.0 Å². The minimum Gasteiger partial charge on any atom is -1.00 e. The number of likely N-dealkylation sites (N-methyl/N-ethyl adjacent to an activating group) is 1. The normalized spacial score (nSPS) is 12.6. The van der Waals surface area contributed by atoms with E-state index in [9.17, 15) is 13.2 Å². The Morgan fingerprint density at radius 2 is 1.76 bits per heavy atom. The first-order valence-corrected chi connectivity index (χ1v) is 12.5. The van der Waals surface area contributed by atoms with E-state index in [1.807, 2.05) is 69.7 Å². The number of hydrogen-bond donors (Lipinski definition) is 1. The Hall–Kier alpha value is -1.86. The molecule has 7 nitrogen and oxygen atoms in total. The molecule has 33 heavy (non-hydrogen) atoms. The molecule has 1 unspecified atom stereocenters. The van der Waals surface area contributed by atoms with Crippen molar-refractivity contribution in [1.82, 2.24) is 9.71 Å². The van der Waals surface area contributed by atoms with Crippen LogP contribution < -0.4 is 28.7 Å². The lowest BCUT2D eigenvalue weighted by Crippen LogP contribution is -3.00. The Morgan fingerprint density at radius 1 is 1.06 bits per heavy atom. The minimum absolute atomic E-state index is 0. The zero-order chi connectivity index (χ0) is 23.2. The van der Waals surface area contributed by atoms with Crippen molar-refractivity contribution in [2.24, 2.45) is 0 Å². The Balaban J connectivity index is 0.00000385. The van der Waals surface area contributed by atoms with Gasteiger partial charge in [0.05, 0.1) is 50.7 Å². The van der Waals surface area contributed by atoms with Crippen molar-refractivity contribution in [1.29, 1.82) is 0 Å². The number of esters is 1. The van der Waals surface area contributed by atoms with Crippen LogP contribution in [0.4, 0.5) is 0 Å². The Labute approximate surface area is 216 Å². The zero-order valence-electron chi connectivity index (χ0n) is 18.8. The van der Waals surface area contributed by atoms with E-state index in [0.717, 1.165) is 21.8 Å². The smallest absolute Gasteiger partial charge is 0.307 e. The van der Waals surface area contributed by atoms with Gasteiger partial charge in [-0.3, -0.25) is 9.78 Å². The van der Waals surface area contributed by atoms with Gasteiger partial charge in [-0.1, -0.05) is 36.4 Å². The quantitative estimate of drug-likeness (QED) is 0.206. The molecule has 0 aliphatic rings. The van der Waals surface area contributed by atoms with E-state index in [-0.39, 0.29) is 41.2 Å². The summed E-state index contributed by atoms with van der Waals surface area (Å²) >= 11 is 1.15. The number of nitrogens with zero attached hydrogens (tertiary/aromatic N) is 2. The van der Waals surface area contributed by atoms with Gasteiger partial charge in [0.25, 0.3) is 10.0 Å². The highest BCUT2D eigenvalue weighted by atomic mass is 127. The molecule has 0 saturated carbocycles. The summed E-state index contributed by atoms with van der Waals surface area (Å²) in [4.78, 5) is 17.5. The number of halogens is 1. The molecule has 0 saturated heterocycles. The third-order valence-electron chi connectivity index (χ3n) is 4.51. The van der Waals surface area contributed by atoms with Crippen LogP contribution in [0, 0.1) is 0 Å². The maximum absolute atomic E-state index is 13.1. The molecule has 2 heterocycles. The molecule has 1 atom stereocenters. The molecule has 3 aromatic rings. The Kier molecular flexibility index (Phi) is 9.98. The van der Waals surface area contributed by atoms with Gasteiger partial charge < -0.3 is 33.2 Å². The summed E-state index contributed by atoms with van der Waals surface area (Å²) in [6, 6.07) is 17.6. The van der Waals surface area contributed by atoms with Gasteiger partial charge in [-0.2, -0.15) is 0 Å². The third-order valence-corrected chi connectivity index (χ3v) is 7.63. The van der Waals surface area contributed by atoms with Gasteiger partial charge in [0.1, 0.15) is 10.8 Å². The molecule has 0 amide bonds. The van der Waals surface area contributed by atoms with Gasteiger partial charge in [-0.25, -0.2) is 13.1 Å². The number of rotatable bonds is 10. The predicted molar refractivity (Wildman–Crippen MR) is 125 cm³/mol. The Morgan fingerprint density at radius 3 is 2.39 bits per heavy atom. The molecule has 2 aromatic heterocycles. The van der Waals surface area contributed by atoms with Crippen LogP contribution in [0.15, 0.2) is 71.1 Å². The summed E-state index contributed by atoms with van der Waals surface area (Å²) in [5.41, 5.74) is 1.59. The van der Waals surface area contributed by atoms with Gasteiger partial charge in [-0.05, 0) is 29.8 Å². The molecule has 0 fully saturated rings. The van der Waals surface area contributed by atoms with Crippen LogP contribution in [0.5, 0.6) is 0 Å². The Bertz CT molecular complexity index is 1130. The average molecular weight is 602 g/mol. The number of pyridine rings is 1. The SMILES string of the molecule is C[N+](C)(C)CC(CC(=O)OCc1ccccc1)NS(=O)(=O)c1ccc(-c2ccccn2)s1.[I-]. The van der Waals surface area contributed by atoms with Gasteiger partial charge in [0.15, 0.2) is 0 Å². The largest absolute Gasteiger partial charge is 1.00 e. The van der Waals surface area contributed by atoms with Crippen LogP contribution in [0.1, 0.15) is 12.0 Å². The predicted octanol–water partition coefficient (Wildman–Crippen LogP) is 0.301. The second-order valence-electron chi connectivity index (χ2n) is 8.48. The number of hydrogen-bond acceptors (Lipinski definition) is 6. The first-order valence-electron chi connectivity index (χ1n) is 10.2. The lowest BCUT2D eigenvalue weighted by atomic mass is 10.2. The third kappa shape index (κ3) is 8.78. The first kappa shape index (κ1) is 27.4. The van der Waals surface area contributed by atoms with E-state index in [0.29, 0.717) is 16.7 Å². The molecular formula is C23H28IN3O4S2. The number of benzene rings is 1. The number of aromatic nitrogens is 1. The van der Waals surface area contributed by atoms with Crippen LogP contribution in [-0.4, -0.2) is 57.6 Å². The van der Waals surface area contributed by atoms with Gasteiger partial charge in [0, 0.05) is 6.20 Å². The molecule has 0 aliphatic carbocycles. The van der Waals surface area contributed by atoms with Gasteiger partial charge in [-0.15, -0.1) is 11.3 Å². The number of carbonyl (C=O) groups excluding carboxylic acids is 1.